The lowest BCUT2D eigenvalue weighted by Crippen LogP contribution is -2.60. The fourth-order valence-corrected chi connectivity index (χ4v) is 2.01. The largest absolute Gasteiger partial charge is 0.460 e. The predicted molar refractivity (Wildman–Crippen MR) is 65.8 cm³/mol. The van der Waals surface area contributed by atoms with Crippen LogP contribution in [0.5, 0.6) is 5.75 Å². The molecule has 1 aromatic carbocycles. The van der Waals surface area contributed by atoms with Crippen molar-refractivity contribution in [3.05, 3.63) is 29.3 Å². The van der Waals surface area contributed by atoms with Crippen molar-refractivity contribution in [3.8, 4) is 5.75 Å². The topological polar surface area (TPSA) is 99.4 Å². The van der Waals surface area contributed by atoms with Crippen molar-refractivity contribution >= 4 is 11.6 Å². The quantitative estimate of drug-likeness (QED) is 0.600. The number of hydrogen-bond donors (Lipinski definition) is 4. The van der Waals surface area contributed by atoms with Crippen LogP contribution in [0.15, 0.2) is 24.3 Å². The Hall–Kier alpha value is -0.890. The maximum Gasteiger partial charge on any atom is 0.229 e. The third-order valence-corrected chi connectivity index (χ3v) is 3.24. The van der Waals surface area contributed by atoms with Crippen molar-refractivity contribution in [2.24, 2.45) is 0 Å². The first kappa shape index (κ1) is 14.5. The van der Waals surface area contributed by atoms with E-state index in [-0.39, 0.29) is 5.75 Å². The number of ether oxygens (including phenoxy) is 2. The van der Waals surface area contributed by atoms with Gasteiger partial charge in [0.05, 0.1) is 11.6 Å². The molecule has 1 aromatic rings. The van der Waals surface area contributed by atoms with Gasteiger partial charge in [-0.2, -0.15) is 0 Å². The number of aliphatic hydroxyl groups excluding tert-OH is 4. The Balaban J connectivity index is 2.13. The lowest BCUT2D eigenvalue weighted by atomic mass is 9.99. The highest BCUT2D eigenvalue weighted by atomic mass is 35.5. The van der Waals surface area contributed by atoms with Crippen molar-refractivity contribution in [3.63, 3.8) is 0 Å². The van der Waals surface area contributed by atoms with Crippen LogP contribution in [0.1, 0.15) is 0 Å². The highest BCUT2D eigenvalue weighted by Gasteiger charge is 2.44. The maximum absolute atomic E-state index is 9.79. The molecule has 4 N–H and O–H groups in total. The fraction of sp³-hybridized carbons (Fsp3) is 0.500. The molecule has 0 bridgehead atoms. The summed E-state index contributed by atoms with van der Waals surface area (Å²) < 4.78 is 10.6. The number of benzene rings is 1. The summed E-state index contributed by atoms with van der Waals surface area (Å²) in [6, 6.07) is 6.57. The van der Waals surface area contributed by atoms with E-state index in [4.69, 9.17) is 26.2 Å². The molecule has 6 nitrogen and oxygen atoms in total. The molecule has 2 rings (SSSR count). The van der Waals surface area contributed by atoms with Gasteiger partial charge in [-0.3, -0.25) is 0 Å². The van der Waals surface area contributed by atoms with E-state index in [1.807, 2.05) is 0 Å². The maximum atomic E-state index is 9.79. The van der Waals surface area contributed by atoms with Gasteiger partial charge in [0.2, 0.25) is 6.29 Å². The molecule has 1 aliphatic heterocycles. The van der Waals surface area contributed by atoms with Gasteiger partial charge < -0.3 is 29.9 Å². The minimum Gasteiger partial charge on any atom is -0.460 e. The lowest BCUT2D eigenvalue weighted by molar-refractivity contribution is -0.277. The van der Waals surface area contributed by atoms with Crippen LogP contribution in [0.2, 0.25) is 5.02 Å². The van der Waals surface area contributed by atoms with Crippen molar-refractivity contribution in [2.75, 3.05) is 6.61 Å². The van der Waals surface area contributed by atoms with Crippen molar-refractivity contribution in [2.45, 2.75) is 30.7 Å². The van der Waals surface area contributed by atoms with E-state index >= 15 is 0 Å². The molecular formula is C12H15ClO6. The average molecular weight is 291 g/mol. The zero-order valence-corrected chi connectivity index (χ0v) is 10.6. The van der Waals surface area contributed by atoms with E-state index in [0.29, 0.717) is 5.02 Å². The molecule has 0 unspecified atom stereocenters. The van der Waals surface area contributed by atoms with Gasteiger partial charge in [-0.25, -0.2) is 0 Å². The first-order chi connectivity index (χ1) is 9.04. The van der Waals surface area contributed by atoms with Crippen LogP contribution < -0.4 is 4.74 Å². The molecule has 1 aliphatic rings. The summed E-state index contributed by atoms with van der Waals surface area (Å²) in [6.07, 6.45) is -6.57. The van der Waals surface area contributed by atoms with Crippen LogP contribution >= 0.6 is 11.6 Å². The molecule has 1 fully saturated rings. The molecule has 0 aromatic heterocycles. The monoisotopic (exact) mass is 290 g/mol. The van der Waals surface area contributed by atoms with Crippen LogP contribution in [0.3, 0.4) is 0 Å². The number of aliphatic hydroxyl groups is 4. The Labute approximate surface area is 114 Å². The number of halogens is 1. The van der Waals surface area contributed by atoms with E-state index < -0.39 is 37.3 Å². The molecule has 0 radical (unpaired) electrons. The first-order valence-corrected chi connectivity index (χ1v) is 6.14. The Bertz CT molecular complexity index is 426. The van der Waals surface area contributed by atoms with Gasteiger partial charge >= 0.3 is 0 Å². The average Bonchev–Trinajstić information content (AvgIpc) is 2.41. The first-order valence-electron chi connectivity index (χ1n) is 5.76. The molecule has 1 heterocycles. The van der Waals surface area contributed by atoms with Gasteiger partial charge in [-0.1, -0.05) is 23.7 Å². The minimum atomic E-state index is -1.47. The fourth-order valence-electron chi connectivity index (χ4n) is 1.83. The highest BCUT2D eigenvalue weighted by Crippen LogP contribution is 2.28. The van der Waals surface area contributed by atoms with Gasteiger partial charge in [-0.05, 0) is 12.1 Å². The Morgan fingerprint density at radius 3 is 2.42 bits per heavy atom. The van der Waals surface area contributed by atoms with Crippen LogP contribution in [0.25, 0.3) is 0 Å². The zero-order chi connectivity index (χ0) is 14.0. The molecule has 5 atom stereocenters. The minimum absolute atomic E-state index is 0.272. The molecule has 7 heteroatoms. The molecule has 0 amide bonds. The summed E-state index contributed by atoms with van der Waals surface area (Å²) >= 11 is 5.90. The normalized spacial score (nSPS) is 35.1. The molecular weight excluding hydrogens is 276 g/mol. The zero-order valence-electron chi connectivity index (χ0n) is 9.89. The summed E-state index contributed by atoms with van der Waals surface area (Å²) in [7, 11) is 0. The molecule has 0 saturated carbocycles. The Kier molecular flexibility index (Phi) is 4.62. The number of hydrogen-bond acceptors (Lipinski definition) is 6. The number of para-hydroxylation sites is 1. The summed E-state index contributed by atoms with van der Waals surface area (Å²) in [5, 5.41) is 38.4. The van der Waals surface area contributed by atoms with E-state index in [1.165, 1.54) is 0 Å². The van der Waals surface area contributed by atoms with Crippen molar-refractivity contribution in [1.82, 2.24) is 0 Å². The molecule has 106 valence electrons. The van der Waals surface area contributed by atoms with Gasteiger partial charge in [0.1, 0.15) is 30.2 Å². The predicted octanol–water partition coefficient (Wildman–Crippen LogP) is -0.481. The standard InChI is InChI=1S/C12H15ClO6/c13-6-3-1-2-4-7(6)18-12-11(17)10(16)9(15)8(5-14)19-12/h1-4,8-12,14-17H,5H2/t8-,9-,10+,11-,12+/m0/s1. The second-order valence-electron chi connectivity index (χ2n) is 4.25. The second kappa shape index (κ2) is 6.04. The van der Waals surface area contributed by atoms with Crippen molar-refractivity contribution in [1.29, 1.82) is 0 Å². The Morgan fingerprint density at radius 1 is 1.11 bits per heavy atom. The van der Waals surface area contributed by atoms with E-state index in [1.54, 1.807) is 24.3 Å². The van der Waals surface area contributed by atoms with Gasteiger partial charge in [0.15, 0.2) is 0 Å². The number of rotatable bonds is 3. The van der Waals surface area contributed by atoms with Crippen molar-refractivity contribution < 1.29 is 29.9 Å². The van der Waals surface area contributed by atoms with E-state index in [0.717, 1.165) is 0 Å². The summed E-state index contributed by atoms with van der Waals surface area (Å²) in [5.41, 5.74) is 0. The highest BCUT2D eigenvalue weighted by molar-refractivity contribution is 6.32. The van der Waals surface area contributed by atoms with Gasteiger partial charge in [-0.15, -0.1) is 0 Å². The molecule has 1 saturated heterocycles. The van der Waals surface area contributed by atoms with Crippen LogP contribution in [0, 0.1) is 0 Å². The lowest BCUT2D eigenvalue weighted by Gasteiger charge is -2.39. The summed E-state index contributed by atoms with van der Waals surface area (Å²) in [4.78, 5) is 0. The summed E-state index contributed by atoms with van der Waals surface area (Å²) in [6.45, 7) is -0.507. The SMILES string of the molecule is OC[C@@H]1O[C@@H](Oc2ccccc2Cl)[C@@H](O)[C@H](O)[C@H]1O. The van der Waals surface area contributed by atoms with Crippen LogP contribution in [0.4, 0.5) is 0 Å². The second-order valence-corrected chi connectivity index (χ2v) is 4.65. The van der Waals surface area contributed by atoms with E-state index in [9.17, 15) is 15.3 Å². The molecule has 0 aliphatic carbocycles. The van der Waals surface area contributed by atoms with E-state index in [2.05, 4.69) is 0 Å². The smallest absolute Gasteiger partial charge is 0.229 e. The third-order valence-electron chi connectivity index (χ3n) is 2.93. The van der Waals surface area contributed by atoms with Crippen LogP contribution in [-0.4, -0.2) is 57.7 Å². The molecule has 19 heavy (non-hydrogen) atoms. The van der Waals surface area contributed by atoms with Crippen LogP contribution in [-0.2, 0) is 4.74 Å². The summed E-state index contributed by atoms with van der Waals surface area (Å²) in [5.74, 6) is 0.272. The van der Waals surface area contributed by atoms with Gasteiger partial charge in [0.25, 0.3) is 0 Å². The third kappa shape index (κ3) is 3.00. The van der Waals surface area contributed by atoms with Gasteiger partial charge in [0, 0.05) is 0 Å². The molecule has 0 spiro atoms. The Morgan fingerprint density at radius 2 is 1.79 bits per heavy atom.